The first-order valence-electron chi connectivity index (χ1n) is 9.60. The van der Waals surface area contributed by atoms with E-state index >= 15 is 0 Å². The van der Waals surface area contributed by atoms with Crippen LogP contribution in [0.25, 0.3) is 10.9 Å². The molecule has 0 aliphatic carbocycles. The number of para-hydroxylation sites is 1. The van der Waals surface area contributed by atoms with Crippen molar-refractivity contribution in [2.75, 3.05) is 11.9 Å². The van der Waals surface area contributed by atoms with Gasteiger partial charge in [0.05, 0.1) is 12.1 Å². The van der Waals surface area contributed by atoms with Gasteiger partial charge in [-0.1, -0.05) is 12.1 Å². The lowest BCUT2D eigenvalue weighted by atomic mass is 10.2. The van der Waals surface area contributed by atoms with E-state index in [0.717, 1.165) is 16.6 Å². The summed E-state index contributed by atoms with van der Waals surface area (Å²) in [7, 11) is 1.73. The van der Waals surface area contributed by atoms with Crippen LogP contribution in [0.4, 0.5) is 19.1 Å². The minimum atomic E-state index is -5.08. The van der Waals surface area contributed by atoms with Crippen LogP contribution in [-0.4, -0.2) is 44.3 Å². The Bertz CT molecular complexity index is 1190. The number of carbonyl (C=O) groups is 2. The predicted molar refractivity (Wildman–Crippen MR) is 113 cm³/mol. The van der Waals surface area contributed by atoms with Crippen LogP contribution in [0.3, 0.4) is 0 Å². The fourth-order valence-electron chi connectivity index (χ4n) is 2.61. The molecule has 0 saturated heterocycles. The van der Waals surface area contributed by atoms with Gasteiger partial charge >= 0.3 is 12.1 Å². The van der Waals surface area contributed by atoms with Gasteiger partial charge in [-0.2, -0.15) is 13.2 Å². The lowest BCUT2D eigenvalue weighted by molar-refractivity contribution is -0.192. The number of nitrogens with zero attached hydrogens (tertiary/aromatic N) is 3. The summed E-state index contributed by atoms with van der Waals surface area (Å²) in [4.78, 5) is 41.0. The van der Waals surface area contributed by atoms with Gasteiger partial charge in [-0.05, 0) is 31.5 Å². The zero-order valence-corrected chi connectivity index (χ0v) is 17.7. The number of anilines is 1. The third-order valence-corrected chi connectivity index (χ3v) is 4.21. The standard InChI is InChI=1S/C19H20N4O3.C2HF3O2/c1-13-9-10-20-19(21-13)22-17(24)8-5-11-26-16-12-18(25)23(2)15-7-4-3-6-14(15)16;3-2(4,5)1(6)7/h3-4,6-7,9-10,12H,5,8,11H2,1-2H3,(H,20,21,22,24);(H,6,7). The van der Waals surface area contributed by atoms with Crippen molar-refractivity contribution in [3.05, 3.63) is 58.6 Å². The third-order valence-electron chi connectivity index (χ3n) is 4.21. The van der Waals surface area contributed by atoms with E-state index in [1.165, 1.54) is 6.07 Å². The number of ether oxygens (including phenoxy) is 1. The minimum Gasteiger partial charge on any atom is -0.493 e. The summed E-state index contributed by atoms with van der Waals surface area (Å²) in [5.74, 6) is -2.10. The van der Waals surface area contributed by atoms with Crippen LogP contribution in [0, 0.1) is 6.92 Å². The number of benzene rings is 1. The highest BCUT2D eigenvalue weighted by Gasteiger charge is 2.38. The number of hydrogen-bond acceptors (Lipinski definition) is 6. The number of carboxylic acid groups (broad SMARTS) is 1. The van der Waals surface area contributed by atoms with Crippen molar-refractivity contribution in [1.82, 2.24) is 14.5 Å². The first-order valence-corrected chi connectivity index (χ1v) is 9.60. The Kier molecular flexibility index (Phi) is 8.49. The first-order chi connectivity index (χ1) is 15.5. The van der Waals surface area contributed by atoms with Crippen molar-refractivity contribution in [2.24, 2.45) is 7.05 Å². The van der Waals surface area contributed by atoms with Crippen LogP contribution >= 0.6 is 0 Å². The molecule has 9 nitrogen and oxygen atoms in total. The predicted octanol–water partition coefficient (Wildman–Crippen LogP) is 3.07. The highest BCUT2D eigenvalue weighted by molar-refractivity contribution is 5.89. The van der Waals surface area contributed by atoms with Gasteiger partial charge in [0, 0.05) is 36.8 Å². The van der Waals surface area contributed by atoms with Crippen molar-refractivity contribution >= 4 is 28.7 Å². The Labute approximate surface area is 185 Å². The molecule has 0 aliphatic rings. The summed E-state index contributed by atoms with van der Waals surface area (Å²) < 4.78 is 39.1. The highest BCUT2D eigenvalue weighted by atomic mass is 19.4. The molecule has 33 heavy (non-hydrogen) atoms. The zero-order valence-electron chi connectivity index (χ0n) is 17.7. The number of aromatic nitrogens is 3. The summed E-state index contributed by atoms with van der Waals surface area (Å²) in [6, 6.07) is 10.8. The van der Waals surface area contributed by atoms with Crippen molar-refractivity contribution < 1.29 is 32.6 Å². The number of alkyl halides is 3. The molecule has 0 fully saturated rings. The summed E-state index contributed by atoms with van der Waals surface area (Å²) >= 11 is 0. The average molecular weight is 466 g/mol. The van der Waals surface area contributed by atoms with E-state index in [9.17, 15) is 22.8 Å². The second-order valence-electron chi connectivity index (χ2n) is 6.75. The van der Waals surface area contributed by atoms with Gasteiger partial charge in [0.2, 0.25) is 11.9 Å². The number of fused-ring (bicyclic) bond motifs is 1. The van der Waals surface area contributed by atoms with Crippen LogP contribution in [0.15, 0.2) is 47.4 Å². The van der Waals surface area contributed by atoms with Crippen LogP contribution in [0.5, 0.6) is 5.75 Å². The van der Waals surface area contributed by atoms with E-state index in [-0.39, 0.29) is 17.9 Å². The average Bonchev–Trinajstić information content (AvgIpc) is 2.74. The maximum atomic E-state index is 12.0. The molecule has 2 aromatic heterocycles. The quantitative estimate of drug-likeness (QED) is 0.535. The molecular formula is C21H21F3N4O5. The number of carbonyl (C=O) groups excluding carboxylic acids is 1. The molecule has 0 saturated carbocycles. The molecule has 12 heteroatoms. The van der Waals surface area contributed by atoms with Gasteiger partial charge in [-0.15, -0.1) is 0 Å². The largest absolute Gasteiger partial charge is 0.493 e. The van der Waals surface area contributed by atoms with Crippen molar-refractivity contribution in [3.8, 4) is 5.75 Å². The van der Waals surface area contributed by atoms with Crippen molar-refractivity contribution in [3.63, 3.8) is 0 Å². The molecule has 176 valence electrons. The molecule has 0 atom stereocenters. The number of aryl methyl sites for hydroxylation is 2. The molecule has 2 heterocycles. The van der Waals surface area contributed by atoms with E-state index in [0.29, 0.717) is 24.7 Å². The van der Waals surface area contributed by atoms with Gasteiger partial charge in [-0.25, -0.2) is 14.8 Å². The van der Waals surface area contributed by atoms with Crippen LogP contribution in [-0.2, 0) is 16.6 Å². The van der Waals surface area contributed by atoms with Gasteiger partial charge in [0.1, 0.15) is 5.75 Å². The Morgan fingerprint density at radius 2 is 1.88 bits per heavy atom. The van der Waals surface area contributed by atoms with Gasteiger partial charge < -0.3 is 14.4 Å². The van der Waals surface area contributed by atoms with Gasteiger partial charge in [0.25, 0.3) is 5.56 Å². The number of rotatable bonds is 6. The van der Waals surface area contributed by atoms with E-state index in [1.54, 1.807) is 23.9 Å². The third kappa shape index (κ3) is 7.59. The molecule has 3 rings (SSSR count). The molecule has 0 radical (unpaired) electrons. The molecule has 0 unspecified atom stereocenters. The molecule has 1 aromatic carbocycles. The Balaban J connectivity index is 0.000000479. The molecule has 0 bridgehead atoms. The van der Waals surface area contributed by atoms with Crippen LogP contribution in [0.2, 0.25) is 0 Å². The molecule has 0 spiro atoms. The number of carboxylic acids is 1. The highest BCUT2D eigenvalue weighted by Crippen LogP contribution is 2.23. The maximum Gasteiger partial charge on any atom is 0.490 e. The molecule has 1 amide bonds. The molecule has 0 aliphatic heterocycles. The van der Waals surface area contributed by atoms with Crippen LogP contribution in [0.1, 0.15) is 18.5 Å². The lowest BCUT2D eigenvalue weighted by Gasteiger charge is -2.11. The molecular weight excluding hydrogens is 445 g/mol. The van der Waals surface area contributed by atoms with E-state index in [4.69, 9.17) is 14.6 Å². The van der Waals surface area contributed by atoms with Crippen molar-refractivity contribution in [2.45, 2.75) is 25.9 Å². The zero-order chi connectivity index (χ0) is 24.6. The summed E-state index contributed by atoms with van der Waals surface area (Å²) in [6.07, 6.45) is -2.69. The smallest absolute Gasteiger partial charge is 0.490 e. The second-order valence-corrected chi connectivity index (χ2v) is 6.75. The van der Waals surface area contributed by atoms with Gasteiger partial charge in [-0.3, -0.25) is 14.9 Å². The topological polar surface area (TPSA) is 123 Å². The number of halogens is 3. The lowest BCUT2D eigenvalue weighted by Crippen LogP contribution is -2.21. The number of nitrogens with one attached hydrogen (secondary N) is 1. The van der Waals surface area contributed by atoms with Crippen molar-refractivity contribution in [1.29, 1.82) is 0 Å². The first kappa shape index (κ1) is 25.3. The van der Waals surface area contributed by atoms with Gasteiger partial charge in [0.15, 0.2) is 0 Å². The summed E-state index contributed by atoms with van der Waals surface area (Å²) in [5, 5.41) is 10.7. The Hall–Kier alpha value is -3.96. The number of aliphatic carboxylic acids is 1. The van der Waals surface area contributed by atoms with E-state index in [1.807, 2.05) is 31.2 Å². The normalized spacial score (nSPS) is 10.8. The molecule has 3 aromatic rings. The Morgan fingerprint density at radius 1 is 1.21 bits per heavy atom. The maximum absolute atomic E-state index is 12.0. The summed E-state index contributed by atoms with van der Waals surface area (Å²) in [6.45, 7) is 2.17. The number of amides is 1. The number of pyridine rings is 1. The van der Waals surface area contributed by atoms with Crippen LogP contribution < -0.4 is 15.6 Å². The minimum absolute atomic E-state index is 0.131. The fourth-order valence-corrected chi connectivity index (χ4v) is 2.61. The Morgan fingerprint density at radius 3 is 2.52 bits per heavy atom. The number of hydrogen-bond donors (Lipinski definition) is 2. The SMILES string of the molecule is Cc1ccnc(NC(=O)CCCOc2cc(=O)n(C)c3ccccc23)n1.O=C(O)C(F)(F)F. The molecule has 2 N–H and O–H groups in total. The fraction of sp³-hybridized carbons (Fsp3) is 0.286. The monoisotopic (exact) mass is 466 g/mol. The van der Waals surface area contributed by atoms with E-state index in [2.05, 4.69) is 15.3 Å². The second kappa shape index (κ2) is 11.1. The summed E-state index contributed by atoms with van der Waals surface area (Å²) in [5.41, 5.74) is 1.47. The van der Waals surface area contributed by atoms with E-state index < -0.39 is 12.1 Å².